The lowest BCUT2D eigenvalue weighted by Gasteiger charge is -1.87. The first-order valence-electron chi connectivity index (χ1n) is 1.82. The molecule has 0 aliphatic carbocycles. The molecule has 0 unspecified atom stereocenters. The molecule has 0 aromatic rings. The standard InChI is InChI=1S/C4H6O3.3CH4/c1-3(5)7-4(2)6;;;/h1-2H3;3*1H4. The van der Waals surface area contributed by atoms with Crippen LogP contribution in [0, 0.1) is 0 Å². The number of rotatable bonds is 0. The van der Waals surface area contributed by atoms with E-state index in [9.17, 15) is 9.59 Å². The molecule has 0 aromatic heterocycles. The van der Waals surface area contributed by atoms with Gasteiger partial charge in [-0.25, -0.2) is 0 Å². The number of carbonyl (C=O) groups excluding carboxylic acids is 2. The summed E-state index contributed by atoms with van der Waals surface area (Å²) in [5.74, 6) is -1.12. The van der Waals surface area contributed by atoms with Gasteiger partial charge in [0.2, 0.25) is 0 Å². The van der Waals surface area contributed by atoms with Gasteiger partial charge in [-0.1, -0.05) is 22.3 Å². The Hall–Kier alpha value is -0.860. The molecular formula is C7H18O3. The van der Waals surface area contributed by atoms with Gasteiger partial charge >= 0.3 is 11.9 Å². The first-order valence-corrected chi connectivity index (χ1v) is 1.82. The van der Waals surface area contributed by atoms with E-state index in [-0.39, 0.29) is 22.3 Å². The van der Waals surface area contributed by atoms with Crippen LogP contribution < -0.4 is 0 Å². The average Bonchev–Trinajstić information content (AvgIpc) is 1.27. The highest BCUT2D eigenvalue weighted by molar-refractivity contribution is 5.82. The number of hydrogen-bond acceptors (Lipinski definition) is 3. The Bertz CT molecular complexity index is 85.0. The average molecular weight is 150 g/mol. The third-order valence-corrected chi connectivity index (χ3v) is 0.287. The van der Waals surface area contributed by atoms with Gasteiger partial charge in [0.1, 0.15) is 0 Å². The van der Waals surface area contributed by atoms with Crippen molar-refractivity contribution in [2.75, 3.05) is 0 Å². The smallest absolute Gasteiger partial charge is 0.310 e. The van der Waals surface area contributed by atoms with Gasteiger partial charge in [0.05, 0.1) is 0 Å². The van der Waals surface area contributed by atoms with E-state index in [4.69, 9.17) is 0 Å². The molecule has 3 heteroatoms. The summed E-state index contributed by atoms with van der Waals surface area (Å²) >= 11 is 0. The molecule has 0 radical (unpaired) electrons. The van der Waals surface area contributed by atoms with Crippen molar-refractivity contribution in [3.8, 4) is 0 Å². The molecule has 0 saturated carbocycles. The summed E-state index contributed by atoms with van der Waals surface area (Å²) in [5, 5.41) is 0. The van der Waals surface area contributed by atoms with E-state index in [1.165, 1.54) is 13.8 Å². The van der Waals surface area contributed by atoms with E-state index in [1.807, 2.05) is 0 Å². The Morgan fingerprint density at radius 1 is 0.900 bits per heavy atom. The number of carbonyl (C=O) groups is 2. The van der Waals surface area contributed by atoms with Crippen LogP contribution in [0.1, 0.15) is 36.1 Å². The Balaban J connectivity index is -0.0000000600. The van der Waals surface area contributed by atoms with Crippen LogP contribution in [-0.2, 0) is 14.3 Å². The molecule has 0 saturated heterocycles. The molecule has 0 aliphatic heterocycles. The minimum absolute atomic E-state index is 0. The van der Waals surface area contributed by atoms with Crippen molar-refractivity contribution < 1.29 is 14.3 Å². The van der Waals surface area contributed by atoms with Gasteiger partial charge in [-0.15, -0.1) is 0 Å². The van der Waals surface area contributed by atoms with Crippen LogP contribution in [0.3, 0.4) is 0 Å². The Morgan fingerprint density at radius 2 is 1.10 bits per heavy atom. The minimum Gasteiger partial charge on any atom is -0.394 e. The maximum absolute atomic E-state index is 9.81. The fourth-order valence-electron chi connectivity index (χ4n) is 0.202. The second kappa shape index (κ2) is 11.0. The maximum atomic E-state index is 9.81. The second-order valence-corrected chi connectivity index (χ2v) is 1.09. The summed E-state index contributed by atoms with van der Waals surface area (Å²) < 4.78 is 3.97. The molecule has 3 nitrogen and oxygen atoms in total. The molecule has 0 N–H and O–H groups in total. The molecule has 0 spiro atoms. The van der Waals surface area contributed by atoms with Crippen molar-refractivity contribution >= 4 is 11.9 Å². The molecule has 0 amide bonds. The normalized spacial score (nSPS) is 5.40. The molecule has 0 heterocycles. The Kier molecular flexibility index (Phi) is 25.2. The van der Waals surface area contributed by atoms with Gasteiger partial charge in [-0.2, -0.15) is 0 Å². The van der Waals surface area contributed by atoms with Crippen molar-refractivity contribution in [3.63, 3.8) is 0 Å². The molecule has 0 aromatic carbocycles. The summed E-state index contributed by atoms with van der Waals surface area (Å²) in [6.45, 7) is 2.36. The predicted octanol–water partition coefficient (Wildman–Crippen LogP) is 2.00. The summed E-state index contributed by atoms with van der Waals surface area (Å²) in [6, 6.07) is 0. The van der Waals surface area contributed by atoms with Gasteiger partial charge in [-0.3, -0.25) is 9.59 Å². The quantitative estimate of drug-likeness (QED) is 0.392. The molecule has 64 valence electrons. The third-order valence-electron chi connectivity index (χ3n) is 0.287. The van der Waals surface area contributed by atoms with E-state index in [1.54, 1.807) is 0 Å². The van der Waals surface area contributed by atoms with Crippen LogP contribution in [0.5, 0.6) is 0 Å². The van der Waals surface area contributed by atoms with E-state index in [0.29, 0.717) is 0 Å². The van der Waals surface area contributed by atoms with Crippen molar-refractivity contribution in [2.45, 2.75) is 36.1 Å². The lowest BCUT2D eigenvalue weighted by molar-refractivity contribution is -0.156. The molecule has 0 bridgehead atoms. The highest BCUT2D eigenvalue weighted by Crippen LogP contribution is 1.73. The van der Waals surface area contributed by atoms with Crippen molar-refractivity contribution in [1.82, 2.24) is 0 Å². The number of hydrogen-bond donors (Lipinski definition) is 0. The first-order chi connectivity index (χ1) is 3.13. The lowest BCUT2D eigenvalue weighted by Crippen LogP contribution is -2.03. The molecule has 0 aliphatic rings. The van der Waals surface area contributed by atoms with E-state index in [0.717, 1.165) is 0 Å². The van der Waals surface area contributed by atoms with Crippen molar-refractivity contribution in [3.05, 3.63) is 0 Å². The van der Waals surface area contributed by atoms with Crippen LogP contribution >= 0.6 is 0 Å². The van der Waals surface area contributed by atoms with Gasteiger partial charge in [0.25, 0.3) is 0 Å². The maximum Gasteiger partial charge on any atom is 0.310 e. The highest BCUT2D eigenvalue weighted by atomic mass is 16.6. The van der Waals surface area contributed by atoms with Gasteiger partial charge < -0.3 is 4.74 Å². The summed E-state index contributed by atoms with van der Waals surface area (Å²) in [4.78, 5) is 19.6. The Morgan fingerprint density at radius 3 is 1.10 bits per heavy atom. The summed E-state index contributed by atoms with van der Waals surface area (Å²) in [5.41, 5.74) is 0. The Labute approximate surface area is 63.4 Å². The summed E-state index contributed by atoms with van der Waals surface area (Å²) in [7, 11) is 0. The minimum atomic E-state index is -0.562. The fourth-order valence-corrected chi connectivity index (χ4v) is 0.202. The van der Waals surface area contributed by atoms with Crippen LogP contribution in [0.25, 0.3) is 0 Å². The molecule has 0 rings (SSSR count). The van der Waals surface area contributed by atoms with E-state index >= 15 is 0 Å². The second-order valence-electron chi connectivity index (χ2n) is 1.09. The monoisotopic (exact) mass is 150 g/mol. The topological polar surface area (TPSA) is 43.4 Å². The molecule has 10 heavy (non-hydrogen) atoms. The zero-order valence-electron chi connectivity index (χ0n) is 4.22. The fraction of sp³-hybridized carbons (Fsp3) is 0.714. The van der Waals surface area contributed by atoms with Gasteiger partial charge in [-0.05, 0) is 0 Å². The zero-order chi connectivity index (χ0) is 5.86. The SMILES string of the molecule is C.C.C.CC(=O)OC(C)=O. The van der Waals surface area contributed by atoms with Crippen LogP contribution in [0.4, 0.5) is 0 Å². The number of esters is 2. The lowest BCUT2D eigenvalue weighted by atomic mass is 10.7. The van der Waals surface area contributed by atoms with Gasteiger partial charge in [0.15, 0.2) is 0 Å². The van der Waals surface area contributed by atoms with Crippen LogP contribution in [0.2, 0.25) is 0 Å². The molecule has 0 fully saturated rings. The summed E-state index contributed by atoms with van der Waals surface area (Å²) in [6.07, 6.45) is 0. The van der Waals surface area contributed by atoms with E-state index in [2.05, 4.69) is 4.74 Å². The zero-order valence-corrected chi connectivity index (χ0v) is 4.22. The predicted molar refractivity (Wildman–Crippen MR) is 42.6 cm³/mol. The highest BCUT2D eigenvalue weighted by Gasteiger charge is 1.93. The molecule has 0 atom stereocenters. The molecular weight excluding hydrogens is 132 g/mol. The van der Waals surface area contributed by atoms with Crippen molar-refractivity contribution in [1.29, 1.82) is 0 Å². The van der Waals surface area contributed by atoms with E-state index < -0.39 is 11.9 Å². The van der Waals surface area contributed by atoms with Crippen LogP contribution in [-0.4, -0.2) is 11.9 Å². The number of ether oxygens (including phenoxy) is 1. The largest absolute Gasteiger partial charge is 0.394 e. The third kappa shape index (κ3) is 27.3. The van der Waals surface area contributed by atoms with Crippen LogP contribution in [0.15, 0.2) is 0 Å². The first kappa shape index (κ1) is 22.9. The van der Waals surface area contributed by atoms with Gasteiger partial charge in [0, 0.05) is 13.8 Å². The van der Waals surface area contributed by atoms with Crippen molar-refractivity contribution in [2.24, 2.45) is 0 Å².